The minimum atomic E-state index is -0.505. The molecule has 8 heteroatoms. The monoisotopic (exact) mass is 354 g/mol. The highest BCUT2D eigenvalue weighted by Crippen LogP contribution is 2.22. The fourth-order valence-corrected chi connectivity index (χ4v) is 2.51. The summed E-state index contributed by atoms with van der Waals surface area (Å²) in [7, 11) is 0. The SMILES string of the molecule is CC(C)Oc1ccc(CNC(=O)c2n[nH]c3ccc([N+](=O)[O-])cc23)cc1. The van der Waals surface area contributed by atoms with E-state index in [-0.39, 0.29) is 17.5 Å². The van der Waals surface area contributed by atoms with Gasteiger partial charge < -0.3 is 10.1 Å². The smallest absolute Gasteiger partial charge is 0.272 e. The van der Waals surface area contributed by atoms with Crippen molar-refractivity contribution in [2.45, 2.75) is 26.5 Å². The van der Waals surface area contributed by atoms with E-state index in [9.17, 15) is 14.9 Å². The number of carbonyl (C=O) groups is 1. The molecule has 0 radical (unpaired) electrons. The van der Waals surface area contributed by atoms with Crippen LogP contribution in [-0.4, -0.2) is 27.1 Å². The second-order valence-corrected chi connectivity index (χ2v) is 6.05. The van der Waals surface area contributed by atoms with E-state index in [1.54, 1.807) is 0 Å². The molecule has 3 aromatic rings. The Morgan fingerprint density at radius 1 is 1.27 bits per heavy atom. The lowest BCUT2D eigenvalue weighted by atomic mass is 10.1. The second kappa shape index (κ2) is 7.22. The van der Waals surface area contributed by atoms with Crippen molar-refractivity contribution < 1.29 is 14.5 Å². The Bertz CT molecular complexity index is 947. The highest BCUT2D eigenvalue weighted by Gasteiger charge is 2.17. The number of amides is 1. The van der Waals surface area contributed by atoms with Crippen molar-refractivity contribution in [3.63, 3.8) is 0 Å². The molecule has 1 heterocycles. The third-order valence-electron chi connectivity index (χ3n) is 3.72. The highest BCUT2D eigenvalue weighted by atomic mass is 16.6. The molecule has 2 aromatic carbocycles. The van der Waals surface area contributed by atoms with Gasteiger partial charge in [0.1, 0.15) is 5.75 Å². The fourth-order valence-electron chi connectivity index (χ4n) is 2.51. The Balaban J connectivity index is 1.71. The molecule has 0 atom stereocenters. The van der Waals surface area contributed by atoms with Gasteiger partial charge in [-0.25, -0.2) is 0 Å². The molecule has 0 aliphatic rings. The first-order chi connectivity index (χ1) is 12.4. The van der Waals surface area contributed by atoms with Gasteiger partial charge in [0, 0.05) is 24.1 Å². The number of ether oxygens (including phenoxy) is 1. The maximum Gasteiger partial charge on any atom is 0.272 e. The number of benzene rings is 2. The van der Waals surface area contributed by atoms with Crippen LogP contribution in [0.15, 0.2) is 42.5 Å². The van der Waals surface area contributed by atoms with Crippen LogP contribution < -0.4 is 10.1 Å². The number of H-pyrrole nitrogens is 1. The number of nitrogens with zero attached hydrogens (tertiary/aromatic N) is 2. The van der Waals surface area contributed by atoms with Crippen molar-refractivity contribution in [3.8, 4) is 5.75 Å². The molecule has 134 valence electrons. The van der Waals surface area contributed by atoms with E-state index in [1.165, 1.54) is 18.2 Å². The summed E-state index contributed by atoms with van der Waals surface area (Å²) in [6, 6.07) is 11.7. The summed E-state index contributed by atoms with van der Waals surface area (Å²) in [6.07, 6.45) is 0.0950. The molecule has 0 saturated heterocycles. The number of nitrogens with one attached hydrogen (secondary N) is 2. The zero-order valence-electron chi connectivity index (χ0n) is 14.4. The van der Waals surface area contributed by atoms with Gasteiger partial charge in [-0.15, -0.1) is 0 Å². The van der Waals surface area contributed by atoms with Crippen LogP contribution in [-0.2, 0) is 6.54 Å². The number of aromatic amines is 1. The molecule has 0 fully saturated rings. The van der Waals surface area contributed by atoms with Crippen LogP contribution in [0, 0.1) is 10.1 Å². The van der Waals surface area contributed by atoms with Crippen molar-refractivity contribution in [1.82, 2.24) is 15.5 Å². The number of carbonyl (C=O) groups excluding carboxylic acids is 1. The van der Waals surface area contributed by atoms with Crippen molar-refractivity contribution in [2.24, 2.45) is 0 Å². The third-order valence-corrected chi connectivity index (χ3v) is 3.72. The number of non-ortho nitro benzene ring substituents is 1. The number of nitro benzene ring substituents is 1. The maximum absolute atomic E-state index is 12.4. The third kappa shape index (κ3) is 3.80. The Kier molecular flexibility index (Phi) is 4.83. The van der Waals surface area contributed by atoms with Crippen LogP contribution in [0.3, 0.4) is 0 Å². The van der Waals surface area contributed by atoms with Crippen LogP contribution in [0.2, 0.25) is 0 Å². The Hall–Kier alpha value is -3.42. The van der Waals surface area contributed by atoms with Crippen LogP contribution in [0.4, 0.5) is 5.69 Å². The first-order valence-electron chi connectivity index (χ1n) is 8.10. The minimum Gasteiger partial charge on any atom is -0.491 e. The average molecular weight is 354 g/mol. The normalized spacial score (nSPS) is 10.9. The zero-order chi connectivity index (χ0) is 18.7. The lowest BCUT2D eigenvalue weighted by molar-refractivity contribution is -0.384. The lowest BCUT2D eigenvalue weighted by Crippen LogP contribution is -2.23. The van der Waals surface area contributed by atoms with Crippen LogP contribution in [0.25, 0.3) is 10.9 Å². The average Bonchev–Trinajstić information content (AvgIpc) is 3.03. The van der Waals surface area contributed by atoms with Gasteiger partial charge in [0.05, 0.1) is 16.5 Å². The summed E-state index contributed by atoms with van der Waals surface area (Å²) < 4.78 is 5.58. The quantitative estimate of drug-likeness (QED) is 0.522. The molecule has 3 rings (SSSR count). The number of hydrogen-bond acceptors (Lipinski definition) is 5. The van der Waals surface area contributed by atoms with Crippen LogP contribution in [0.5, 0.6) is 5.75 Å². The van der Waals surface area contributed by atoms with Gasteiger partial charge in [0.15, 0.2) is 5.69 Å². The Morgan fingerprint density at radius 2 is 2.00 bits per heavy atom. The maximum atomic E-state index is 12.4. The van der Waals surface area contributed by atoms with Gasteiger partial charge in [-0.05, 0) is 37.6 Å². The van der Waals surface area contributed by atoms with Gasteiger partial charge in [-0.3, -0.25) is 20.0 Å². The molecule has 8 nitrogen and oxygen atoms in total. The fraction of sp³-hybridized carbons (Fsp3) is 0.222. The van der Waals surface area contributed by atoms with E-state index in [0.29, 0.717) is 17.4 Å². The number of fused-ring (bicyclic) bond motifs is 1. The molecular formula is C18H18N4O4. The summed E-state index contributed by atoms with van der Waals surface area (Å²) in [5.74, 6) is 0.361. The topological polar surface area (TPSA) is 110 Å². The summed E-state index contributed by atoms with van der Waals surface area (Å²) >= 11 is 0. The standard InChI is InChI=1S/C18H18N4O4/c1-11(2)26-14-6-3-12(4-7-14)10-19-18(23)17-15-9-13(22(24)25)5-8-16(15)20-21-17/h3-9,11H,10H2,1-2H3,(H,19,23)(H,20,21). The van der Waals surface area contributed by atoms with E-state index >= 15 is 0 Å². The molecule has 1 amide bonds. The summed E-state index contributed by atoms with van der Waals surface area (Å²) in [5, 5.41) is 20.8. The Labute approximate surface area is 149 Å². The van der Waals surface area contributed by atoms with Gasteiger partial charge >= 0.3 is 0 Å². The van der Waals surface area contributed by atoms with E-state index in [1.807, 2.05) is 38.1 Å². The number of aromatic nitrogens is 2. The molecular weight excluding hydrogens is 336 g/mol. The number of rotatable bonds is 6. The molecule has 0 unspecified atom stereocenters. The first kappa shape index (κ1) is 17.4. The van der Waals surface area contributed by atoms with Gasteiger partial charge in [-0.1, -0.05) is 12.1 Å². The van der Waals surface area contributed by atoms with E-state index in [2.05, 4.69) is 15.5 Å². The number of nitro groups is 1. The van der Waals surface area contributed by atoms with Gasteiger partial charge in [0.25, 0.3) is 11.6 Å². The molecule has 0 aliphatic heterocycles. The second-order valence-electron chi connectivity index (χ2n) is 6.05. The molecule has 26 heavy (non-hydrogen) atoms. The largest absolute Gasteiger partial charge is 0.491 e. The predicted octanol–water partition coefficient (Wildman–Crippen LogP) is 3.19. The zero-order valence-corrected chi connectivity index (χ0v) is 14.4. The summed E-state index contributed by atoms with van der Waals surface area (Å²) in [4.78, 5) is 22.8. The molecule has 0 bridgehead atoms. The van der Waals surface area contributed by atoms with Crippen molar-refractivity contribution in [1.29, 1.82) is 0 Å². The van der Waals surface area contributed by atoms with Crippen LogP contribution in [0.1, 0.15) is 29.9 Å². The van der Waals surface area contributed by atoms with E-state index in [0.717, 1.165) is 11.3 Å². The van der Waals surface area contributed by atoms with E-state index in [4.69, 9.17) is 4.74 Å². The minimum absolute atomic E-state index is 0.0892. The van der Waals surface area contributed by atoms with Crippen molar-refractivity contribution in [3.05, 3.63) is 63.8 Å². The van der Waals surface area contributed by atoms with Crippen molar-refractivity contribution in [2.75, 3.05) is 0 Å². The molecule has 2 N–H and O–H groups in total. The van der Waals surface area contributed by atoms with Crippen molar-refractivity contribution >= 4 is 22.5 Å². The van der Waals surface area contributed by atoms with Crippen LogP contribution >= 0.6 is 0 Å². The highest BCUT2D eigenvalue weighted by molar-refractivity contribution is 6.05. The molecule has 0 spiro atoms. The first-order valence-corrected chi connectivity index (χ1v) is 8.10. The predicted molar refractivity (Wildman–Crippen MR) is 96.1 cm³/mol. The molecule has 1 aromatic heterocycles. The molecule has 0 saturated carbocycles. The lowest BCUT2D eigenvalue weighted by Gasteiger charge is -2.10. The summed E-state index contributed by atoms with van der Waals surface area (Å²) in [6.45, 7) is 4.21. The van der Waals surface area contributed by atoms with E-state index < -0.39 is 10.8 Å². The van der Waals surface area contributed by atoms with Gasteiger partial charge in [-0.2, -0.15) is 5.10 Å². The number of hydrogen-bond donors (Lipinski definition) is 2. The molecule has 0 aliphatic carbocycles. The summed E-state index contributed by atoms with van der Waals surface area (Å²) in [5.41, 5.74) is 1.51. The van der Waals surface area contributed by atoms with Gasteiger partial charge in [0.2, 0.25) is 0 Å². The Morgan fingerprint density at radius 3 is 2.65 bits per heavy atom.